The molecule has 25 heavy (non-hydrogen) atoms. The summed E-state index contributed by atoms with van der Waals surface area (Å²) < 4.78 is 18.8. The summed E-state index contributed by atoms with van der Waals surface area (Å²) in [6.45, 7) is 0.417. The van der Waals surface area contributed by atoms with E-state index in [1.54, 1.807) is 30.3 Å². The number of halogens is 2. The normalized spacial score (nSPS) is 10.6. The molecule has 0 bridgehead atoms. The van der Waals surface area contributed by atoms with Gasteiger partial charge in [0.2, 0.25) is 17.6 Å². The zero-order valence-corrected chi connectivity index (χ0v) is 14.0. The van der Waals surface area contributed by atoms with Crippen molar-refractivity contribution in [3.63, 3.8) is 0 Å². The number of aromatic nitrogens is 2. The highest BCUT2D eigenvalue weighted by Gasteiger charge is 2.13. The van der Waals surface area contributed by atoms with Crippen LogP contribution < -0.4 is 5.32 Å². The fourth-order valence-electron chi connectivity index (χ4n) is 2.22. The van der Waals surface area contributed by atoms with Crippen molar-refractivity contribution < 1.29 is 13.7 Å². The van der Waals surface area contributed by atoms with E-state index in [1.165, 1.54) is 6.07 Å². The van der Waals surface area contributed by atoms with E-state index < -0.39 is 5.82 Å². The number of amides is 1. The molecule has 0 unspecified atom stereocenters. The molecule has 1 amide bonds. The maximum Gasteiger partial charge on any atom is 0.227 e. The summed E-state index contributed by atoms with van der Waals surface area (Å²) in [7, 11) is 0. The Morgan fingerprint density at radius 1 is 1.16 bits per heavy atom. The van der Waals surface area contributed by atoms with Gasteiger partial charge in [-0.05, 0) is 29.8 Å². The van der Waals surface area contributed by atoms with Crippen LogP contribution in [0.5, 0.6) is 0 Å². The number of nitrogens with zero attached hydrogens (tertiary/aromatic N) is 2. The van der Waals surface area contributed by atoms with Crippen LogP contribution in [0.1, 0.15) is 17.9 Å². The lowest BCUT2D eigenvalue weighted by atomic mass is 10.2. The van der Waals surface area contributed by atoms with Crippen LogP contribution in [0.4, 0.5) is 4.39 Å². The van der Waals surface area contributed by atoms with Gasteiger partial charge in [-0.2, -0.15) is 4.98 Å². The zero-order chi connectivity index (χ0) is 17.6. The number of aryl methyl sites for hydroxylation is 1. The van der Waals surface area contributed by atoms with Crippen molar-refractivity contribution in [1.29, 1.82) is 0 Å². The Kier molecular flexibility index (Phi) is 5.40. The summed E-state index contributed by atoms with van der Waals surface area (Å²) >= 11 is 5.81. The number of hydrogen-bond donors (Lipinski definition) is 1. The van der Waals surface area contributed by atoms with Crippen LogP contribution >= 0.6 is 11.6 Å². The summed E-state index contributed by atoms with van der Waals surface area (Å²) in [5.74, 6) is -0.0919. The number of carbonyl (C=O) groups excluding carboxylic acids is 1. The molecular weight excluding hydrogens is 345 g/mol. The monoisotopic (exact) mass is 359 g/mol. The molecule has 0 saturated heterocycles. The molecule has 1 heterocycles. The average molecular weight is 360 g/mol. The first-order valence-corrected chi connectivity index (χ1v) is 8.08. The molecule has 1 aromatic heterocycles. The second kappa shape index (κ2) is 7.90. The molecule has 1 N–H and O–H groups in total. The number of rotatable bonds is 6. The topological polar surface area (TPSA) is 68.0 Å². The predicted octanol–water partition coefficient (Wildman–Crippen LogP) is 3.78. The first-order chi connectivity index (χ1) is 12.1. The van der Waals surface area contributed by atoms with Crippen LogP contribution in [0.2, 0.25) is 5.02 Å². The maximum absolute atomic E-state index is 13.7. The number of carbonyl (C=O) groups is 1. The van der Waals surface area contributed by atoms with E-state index in [-0.39, 0.29) is 30.1 Å². The smallest absolute Gasteiger partial charge is 0.227 e. The second-order valence-electron chi connectivity index (χ2n) is 5.39. The van der Waals surface area contributed by atoms with Gasteiger partial charge in [-0.3, -0.25) is 4.79 Å². The third-order valence-corrected chi connectivity index (χ3v) is 3.80. The van der Waals surface area contributed by atoms with E-state index in [9.17, 15) is 9.18 Å². The standard InChI is InChI=1S/C18H15ClFN3O2/c19-13-7-5-12(6-8-13)11-21-16(24)9-10-17-22-18(23-25-17)14-3-1-2-4-15(14)20/h1-8H,9-11H2,(H,21,24). The minimum Gasteiger partial charge on any atom is -0.352 e. The number of hydrogen-bond acceptors (Lipinski definition) is 4. The van der Waals surface area contributed by atoms with Crippen LogP contribution in [0.25, 0.3) is 11.4 Å². The molecule has 0 radical (unpaired) electrons. The van der Waals surface area contributed by atoms with Crippen molar-refractivity contribution in [2.75, 3.05) is 0 Å². The molecule has 0 aliphatic rings. The van der Waals surface area contributed by atoms with Crippen molar-refractivity contribution in [3.8, 4) is 11.4 Å². The lowest BCUT2D eigenvalue weighted by Gasteiger charge is -2.04. The molecule has 128 valence electrons. The maximum atomic E-state index is 13.7. The third-order valence-electron chi connectivity index (χ3n) is 3.55. The molecule has 0 fully saturated rings. The average Bonchev–Trinajstić information content (AvgIpc) is 3.08. The molecule has 0 aliphatic carbocycles. The molecule has 7 heteroatoms. The van der Waals surface area contributed by atoms with Gasteiger partial charge in [0.05, 0.1) is 5.56 Å². The molecule has 3 aromatic rings. The van der Waals surface area contributed by atoms with Gasteiger partial charge in [-0.1, -0.05) is 41.0 Å². The van der Waals surface area contributed by atoms with Gasteiger partial charge in [-0.15, -0.1) is 0 Å². The highest BCUT2D eigenvalue weighted by molar-refractivity contribution is 6.30. The SMILES string of the molecule is O=C(CCc1nc(-c2ccccc2F)no1)NCc1ccc(Cl)cc1. The van der Waals surface area contributed by atoms with E-state index in [0.29, 0.717) is 17.5 Å². The summed E-state index contributed by atoms with van der Waals surface area (Å²) in [6.07, 6.45) is 0.487. The van der Waals surface area contributed by atoms with Crippen molar-refractivity contribution in [1.82, 2.24) is 15.5 Å². The van der Waals surface area contributed by atoms with Crippen LogP contribution in [-0.2, 0) is 17.8 Å². The fraction of sp³-hybridized carbons (Fsp3) is 0.167. The molecular formula is C18H15ClFN3O2. The highest BCUT2D eigenvalue weighted by Crippen LogP contribution is 2.19. The van der Waals surface area contributed by atoms with E-state index >= 15 is 0 Å². The number of nitrogens with one attached hydrogen (secondary N) is 1. The molecule has 0 spiro atoms. The Labute approximate surface area is 148 Å². The lowest BCUT2D eigenvalue weighted by Crippen LogP contribution is -2.23. The molecule has 2 aromatic carbocycles. The van der Waals surface area contributed by atoms with Crippen LogP contribution in [-0.4, -0.2) is 16.0 Å². The predicted molar refractivity (Wildman–Crippen MR) is 91.3 cm³/mol. The van der Waals surface area contributed by atoms with Crippen LogP contribution in [0.3, 0.4) is 0 Å². The van der Waals surface area contributed by atoms with Crippen molar-refractivity contribution in [3.05, 3.63) is 70.8 Å². The van der Waals surface area contributed by atoms with Gasteiger partial charge < -0.3 is 9.84 Å². The minimum absolute atomic E-state index is 0.138. The van der Waals surface area contributed by atoms with Gasteiger partial charge in [0.25, 0.3) is 0 Å². The molecule has 3 rings (SSSR count). The van der Waals surface area contributed by atoms with Gasteiger partial charge in [-0.25, -0.2) is 4.39 Å². The quantitative estimate of drug-likeness (QED) is 0.727. The van der Waals surface area contributed by atoms with Crippen LogP contribution in [0.15, 0.2) is 53.1 Å². The van der Waals surface area contributed by atoms with Gasteiger partial charge in [0.1, 0.15) is 5.82 Å². The van der Waals surface area contributed by atoms with E-state index in [1.807, 2.05) is 12.1 Å². The van der Waals surface area contributed by atoms with Crippen LogP contribution in [0, 0.1) is 5.82 Å². The first-order valence-electron chi connectivity index (χ1n) is 7.70. The van der Waals surface area contributed by atoms with Gasteiger partial charge in [0.15, 0.2) is 0 Å². The summed E-state index contributed by atoms with van der Waals surface area (Å²) in [6, 6.07) is 13.4. The van der Waals surface area contributed by atoms with E-state index in [2.05, 4.69) is 15.5 Å². The molecule has 5 nitrogen and oxygen atoms in total. The Balaban J connectivity index is 1.51. The minimum atomic E-state index is -0.421. The lowest BCUT2D eigenvalue weighted by molar-refractivity contribution is -0.121. The third kappa shape index (κ3) is 4.64. The largest absolute Gasteiger partial charge is 0.352 e. The van der Waals surface area contributed by atoms with Crippen molar-refractivity contribution >= 4 is 17.5 Å². The highest BCUT2D eigenvalue weighted by atomic mass is 35.5. The van der Waals surface area contributed by atoms with E-state index in [4.69, 9.17) is 16.1 Å². The Morgan fingerprint density at radius 3 is 2.68 bits per heavy atom. The Bertz CT molecular complexity index is 865. The van der Waals surface area contributed by atoms with Crippen molar-refractivity contribution in [2.45, 2.75) is 19.4 Å². The summed E-state index contributed by atoms with van der Waals surface area (Å²) in [5, 5.41) is 7.21. The van der Waals surface area contributed by atoms with Crippen molar-refractivity contribution in [2.24, 2.45) is 0 Å². The van der Waals surface area contributed by atoms with E-state index in [0.717, 1.165) is 5.56 Å². The first kappa shape index (κ1) is 17.1. The van der Waals surface area contributed by atoms with Gasteiger partial charge >= 0.3 is 0 Å². The Hall–Kier alpha value is -2.73. The summed E-state index contributed by atoms with van der Waals surface area (Å²) in [5.41, 5.74) is 1.22. The van der Waals surface area contributed by atoms with Gasteiger partial charge in [0, 0.05) is 24.4 Å². The zero-order valence-electron chi connectivity index (χ0n) is 13.2. The second-order valence-corrected chi connectivity index (χ2v) is 5.83. The molecule has 0 aliphatic heterocycles. The molecule has 0 saturated carbocycles. The number of benzene rings is 2. The summed E-state index contributed by atoms with van der Waals surface area (Å²) in [4.78, 5) is 16.0. The molecule has 0 atom stereocenters. The Morgan fingerprint density at radius 2 is 1.92 bits per heavy atom. The fourth-order valence-corrected chi connectivity index (χ4v) is 2.35.